The Bertz CT molecular complexity index is 3880. The van der Waals surface area contributed by atoms with E-state index in [1.54, 1.807) is 0 Å². The van der Waals surface area contributed by atoms with E-state index in [4.69, 9.17) is 13.8 Å². The molecule has 0 fully saturated rings. The molecule has 0 aliphatic carbocycles. The van der Waals surface area contributed by atoms with E-state index in [-0.39, 0.29) is 42.9 Å². The molecule has 1 aliphatic heterocycles. The number of nitrogens with zero attached hydrogens (tertiary/aromatic N) is 4. The Hall–Kier alpha value is -7.20. The average Bonchev–Trinajstić information content (AvgIpc) is 4.20. The molecule has 1 aliphatic rings. The van der Waals surface area contributed by atoms with Crippen molar-refractivity contribution in [3.8, 4) is 50.7 Å². The van der Waals surface area contributed by atoms with Gasteiger partial charge < -0.3 is 19.1 Å². The fourth-order valence-electron chi connectivity index (χ4n) is 10.3. The second-order valence-corrected chi connectivity index (χ2v) is 23.5. The van der Waals surface area contributed by atoms with Gasteiger partial charge in [-0.3, -0.25) is 0 Å². The Morgan fingerprint density at radius 2 is 1.18 bits per heavy atom. The van der Waals surface area contributed by atoms with Crippen molar-refractivity contribution in [3.05, 3.63) is 223 Å². The predicted molar refractivity (Wildman–Crippen MR) is 315 cm³/mol. The minimum atomic E-state index is -2.43. The normalized spacial score (nSPS) is 13.7. The molecule has 0 unspecified atom stereocenters. The molecule has 0 atom stereocenters. The third-order valence-electron chi connectivity index (χ3n) is 14.7. The number of hydrogen-bond acceptors (Lipinski definition) is 4. The molecule has 8 aromatic carbocycles. The molecular weight excluding hydrogens is 1110 g/mol. The fourth-order valence-corrected chi connectivity index (χ4v) is 10.3. The van der Waals surface area contributed by atoms with Crippen molar-refractivity contribution >= 4 is 44.6 Å². The molecule has 0 saturated heterocycles. The predicted octanol–water partition coefficient (Wildman–Crippen LogP) is 19.3. The quantitative estimate of drug-likeness (QED) is 0.135. The molecule has 0 amide bonds. The molecule has 386 valence electrons. The van der Waals surface area contributed by atoms with Crippen molar-refractivity contribution in [2.45, 2.75) is 105 Å². The summed E-state index contributed by atoms with van der Waals surface area (Å²) in [5, 5.41) is 2.17. The summed E-state index contributed by atoms with van der Waals surface area (Å²) in [5.41, 5.74) is 15.5. The third-order valence-corrected chi connectivity index (χ3v) is 14.7. The average molecular weight is 1180 g/mol. The summed E-state index contributed by atoms with van der Waals surface area (Å²) in [4.78, 5) is 9.25. The SMILES string of the molecule is [2H]C([2H])([2H])c1cc(-c2ccc(C(C)C)cc2)ccc1-c1cccc(-c2cc(C(C)(C)C)cc(C(C)(C)C)c2)c1N1[CH-]N(c2[c-]c(Oc3[c-]c4c(cc3)c3ccccc3n4-c3cc(C(C)(C)C)ccn3)ccc2)c2ccccc21.[Pt]. The first-order chi connectivity index (χ1) is 37.0. The molecule has 10 aromatic rings. The Balaban J connectivity index is 0.00000704. The van der Waals surface area contributed by atoms with Crippen molar-refractivity contribution in [2.75, 3.05) is 9.80 Å². The summed E-state index contributed by atoms with van der Waals surface area (Å²) >= 11 is 0. The van der Waals surface area contributed by atoms with Gasteiger partial charge in [-0.15, -0.1) is 48.1 Å². The topological polar surface area (TPSA) is 33.5 Å². The van der Waals surface area contributed by atoms with Crippen LogP contribution in [0.2, 0.25) is 0 Å². The standard InChI is InChI=1S/C70H67N4O.Pt/c1-45(2)47-27-29-48(30-28-47)49-31-33-57(46(3)37-49)61-23-18-22-58(50-38-52(69(7,8)9)40-53(39-50)70(10,11)12)67(61)73-44-72(63-25-15-16-26-64(63)73)54-19-17-20-55(42-54)75-56-32-34-60-59-21-13-14-24-62(59)74(65(60)43-56)66-41-51(35-36-71-66)68(4,5)6;/h13-41,44-45H,1-12H3;/q-3;/i3D3;. The van der Waals surface area contributed by atoms with Crippen LogP contribution in [-0.4, -0.2) is 9.55 Å². The maximum absolute atomic E-state index is 9.09. The third kappa shape index (κ3) is 9.91. The van der Waals surface area contributed by atoms with Crippen LogP contribution in [0.5, 0.6) is 11.5 Å². The minimum absolute atomic E-state index is 0. The van der Waals surface area contributed by atoms with Crippen LogP contribution in [0.4, 0.5) is 22.7 Å². The van der Waals surface area contributed by atoms with Gasteiger partial charge in [0.25, 0.3) is 0 Å². The van der Waals surface area contributed by atoms with Gasteiger partial charge in [-0.1, -0.05) is 191 Å². The van der Waals surface area contributed by atoms with E-state index >= 15 is 0 Å². The number of ether oxygens (including phenoxy) is 1. The van der Waals surface area contributed by atoms with E-state index in [2.05, 4.69) is 237 Å². The zero-order valence-corrected chi connectivity index (χ0v) is 47.7. The van der Waals surface area contributed by atoms with Crippen LogP contribution in [-0.2, 0) is 37.3 Å². The van der Waals surface area contributed by atoms with E-state index in [1.807, 2.05) is 48.7 Å². The van der Waals surface area contributed by atoms with Gasteiger partial charge in [-0.25, -0.2) is 4.98 Å². The molecule has 2 aromatic heterocycles. The number of aryl methyl sites for hydroxylation is 1. The van der Waals surface area contributed by atoms with Crippen LogP contribution < -0.4 is 14.5 Å². The summed E-state index contributed by atoms with van der Waals surface area (Å²) < 4.78 is 36.2. The van der Waals surface area contributed by atoms with Gasteiger partial charge in [0, 0.05) is 76.6 Å². The molecule has 0 bridgehead atoms. The first-order valence-corrected chi connectivity index (χ1v) is 26.2. The van der Waals surface area contributed by atoms with E-state index in [0.717, 1.165) is 78.2 Å². The number of rotatable bonds is 9. The number of hydrogen-bond donors (Lipinski definition) is 0. The molecule has 0 saturated carbocycles. The maximum Gasteiger partial charge on any atom is 0.135 e. The molecule has 3 heterocycles. The Morgan fingerprint density at radius 3 is 1.88 bits per heavy atom. The van der Waals surface area contributed by atoms with Crippen LogP contribution >= 0.6 is 0 Å². The van der Waals surface area contributed by atoms with Crippen LogP contribution in [0.25, 0.3) is 61.0 Å². The van der Waals surface area contributed by atoms with E-state index in [0.29, 0.717) is 23.0 Å². The molecular formula is C70H67N4OPt-3. The Kier molecular flexibility index (Phi) is 12.8. The summed E-state index contributed by atoms with van der Waals surface area (Å²) in [6.07, 6.45) is 1.89. The van der Waals surface area contributed by atoms with Crippen LogP contribution in [0.15, 0.2) is 176 Å². The van der Waals surface area contributed by atoms with Crippen LogP contribution in [0.1, 0.15) is 114 Å². The summed E-state index contributed by atoms with van der Waals surface area (Å²) in [6.45, 7) is 24.2. The molecule has 6 heteroatoms. The smallest absolute Gasteiger partial charge is 0.135 e. The van der Waals surface area contributed by atoms with Gasteiger partial charge in [-0.2, -0.15) is 12.1 Å². The Morgan fingerprint density at radius 1 is 0.539 bits per heavy atom. The van der Waals surface area contributed by atoms with E-state index in [1.165, 1.54) is 22.3 Å². The van der Waals surface area contributed by atoms with E-state index < -0.39 is 6.85 Å². The van der Waals surface area contributed by atoms with Crippen molar-refractivity contribution in [2.24, 2.45) is 0 Å². The molecule has 0 N–H and O–H groups in total. The minimum Gasteiger partial charge on any atom is -0.509 e. The summed E-state index contributed by atoms with van der Waals surface area (Å²) in [7, 11) is 0. The zero-order chi connectivity index (χ0) is 55.1. The molecule has 11 rings (SSSR count). The zero-order valence-electron chi connectivity index (χ0n) is 48.4. The van der Waals surface area contributed by atoms with Crippen molar-refractivity contribution in [1.82, 2.24) is 9.55 Å². The van der Waals surface area contributed by atoms with Gasteiger partial charge >= 0.3 is 0 Å². The number of aromatic nitrogens is 2. The fraction of sp³-hybridized carbons (Fsp3) is 0.229. The van der Waals surface area contributed by atoms with Crippen molar-refractivity contribution < 1.29 is 29.9 Å². The molecule has 76 heavy (non-hydrogen) atoms. The van der Waals surface area contributed by atoms with E-state index in [9.17, 15) is 0 Å². The van der Waals surface area contributed by atoms with Gasteiger partial charge in [-0.05, 0) is 115 Å². The molecule has 5 nitrogen and oxygen atoms in total. The van der Waals surface area contributed by atoms with Gasteiger partial charge in [0.15, 0.2) is 0 Å². The number of fused-ring (bicyclic) bond motifs is 4. The first-order valence-electron chi connectivity index (χ1n) is 27.7. The summed E-state index contributed by atoms with van der Waals surface area (Å²) in [5.74, 6) is 2.28. The molecule has 0 radical (unpaired) electrons. The number of benzene rings is 8. The van der Waals surface area contributed by atoms with Gasteiger partial charge in [0.05, 0.1) is 0 Å². The molecule has 0 spiro atoms. The second-order valence-electron chi connectivity index (χ2n) is 23.5. The Labute approximate surface area is 469 Å². The largest absolute Gasteiger partial charge is 0.509 e. The van der Waals surface area contributed by atoms with Crippen molar-refractivity contribution in [3.63, 3.8) is 0 Å². The summed E-state index contributed by atoms with van der Waals surface area (Å²) in [6, 6.07) is 66.0. The number of anilines is 4. The number of para-hydroxylation sites is 4. The van der Waals surface area contributed by atoms with Gasteiger partial charge in [0.2, 0.25) is 0 Å². The van der Waals surface area contributed by atoms with Crippen LogP contribution in [0.3, 0.4) is 0 Å². The monoisotopic (exact) mass is 1180 g/mol. The first kappa shape index (κ1) is 48.4. The van der Waals surface area contributed by atoms with Crippen LogP contribution in [0, 0.1) is 25.7 Å². The second kappa shape index (κ2) is 20.1. The number of pyridine rings is 1. The van der Waals surface area contributed by atoms with Crippen molar-refractivity contribution in [1.29, 1.82) is 0 Å². The van der Waals surface area contributed by atoms with Gasteiger partial charge in [0.1, 0.15) is 5.82 Å². The maximum atomic E-state index is 9.09.